The van der Waals surface area contributed by atoms with Crippen LogP contribution in [0, 0.1) is 5.41 Å². The number of thiophene rings is 1. The summed E-state index contributed by atoms with van der Waals surface area (Å²) in [7, 11) is 0. The van der Waals surface area contributed by atoms with E-state index in [1.807, 2.05) is 17.5 Å². The molecule has 2 saturated heterocycles. The lowest BCUT2D eigenvalue weighted by Gasteiger charge is -2.54. The van der Waals surface area contributed by atoms with E-state index < -0.39 is 0 Å². The van der Waals surface area contributed by atoms with Crippen molar-refractivity contribution in [2.45, 2.75) is 6.54 Å². The third kappa shape index (κ3) is 2.87. The van der Waals surface area contributed by atoms with E-state index in [0.717, 1.165) is 42.1 Å². The molecule has 0 radical (unpaired) electrons. The van der Waals surface area contributed by atoms with Gasteiger partial charge in [0.15, 0.2) is 0 Å². The maximum Gasteiger partial charge on any atom is 0.260 e. The van der Waals surface area contributed by atoms with E-state index in [1.165, 1.54) is 15.9 Å². The molecule has 2 aliphatic rings. The van der Waals surface area contributed by atoms with E-state index in [9.17, 15) is 9.59 Å². The van der Waals surface area contributed by atoms with Crippen molar-refractivity contribution >= 4 is 50.5 Å². The lowest BCUT2D eigenvalue weighted by atomic mass is 9.78. The number of fused-ring (bicyclic) bond motifs is 1. The van der Waals surface area contributed by atoms with Gasteiger partial charge in [0.25, 0.3) is 5.56 Å². The summed E-state index contributed by atoms with van der Waals surface area (Å²) < 4.78 is 7.61. The summed E-state index contributed by atoms with van der Waals surface area (Å²) in [5.74, 6) is -0.0368. The minimum absolute atomic E-state index is 0.0368. The second-order valence-electron chi connectivity index (χ2n) is 7.51. The van der Waals surface area contributed by atoms with Crippen molar-refractivity contribution in [2.24, 2.45) is 5.41 Å². The molecular weight excluding hydrogens is 419 g/mol. The highest BCUT2D eigenvalue weighted by Crippen LogP contribution is 2.38. The summed E-state index contributed by atoms with van der Waals surface area (Å²) >= 11 is 13.7. The molecule has 28 heavy (non-hydrogen) atoms. The average molecular weight is 435 g/mol. The van der Waals surface area contributed by atoms with Crippen molar-refractivity contribution in [2.75, 3.05) is 26.3 Å². The largest absolute Gasteiger partial charge is 0.380 e. The molecule has 144 valence electrons. The summed E-state index contributed by atoms with van der Waals surface area (Å²) in [6.07, 6.45) is 1.69. The summed E-state index contributed by atoms with van der Waals surface area (Å²) in [5.41, 5.74) is 1.63. The van der Waals surface area contributed by atoms with Gasteiger partial charge in [0.2, 0.25) is 5.91 Å². The number of aromatic nitrogens is 1. The van der Waals surface area contributed by atoms with Crippen LogP contribution in [-0.2, 0) is 16.1 Å². The Hall–Kier alpha value is -1.86. The number of pyridine rings is 1. The third-order valence-electron chi connectivity index (χ3n) is 5.46. The van der Waals surface area contributed by atoms with Crippen LogP contribution < -0.4 is 5.56 Å². The minimum Gasteiger partial charge on any atom is -0.380 e. The second-order valence-corrected chi connectivity index (χ2v) is 9.23. The zero-order chi connectivity index (χ0) is 19.5. The maximum atomic E-state index is 13.1. The first kappa shape index (κ1) is 18.2. The number of nitrogens with zero attached hydrogens (tertiary/aromatic N) is 2. The van der Waals surface area contributed by atoms with Gasteiger partial charge in [-0.2, -0.15) is 0 Å². The van der Waals surface area contributed by atoms with Crippen LogP contribution in [0.4, 0.5) is 0 Å². The monoisotopic (exact) mass is 434 g/mol. The fraction of sp³-hybridized carbons (Fsp3) is 0.300. The number of halogens is 2. The van der Waals surface area contributed by atoms with E-state index in [1.54, 1.807) is 23.2 Å². The van der Waals surface area contributed by atoms with Gasteiger partial charge in [-0.15, -0.1) is 11.3 Å². The summed E-state index contributed by atoms with van der Waals surface area (Å²) in [5, 5.41) is 3.45. The van der Waals surface area contributed by atoms with Crippen molar-refractivity contribution in [3.8, 4) is 11.1 Å². The molecule has 2 fully saturated rings. The van der Waals surface area contributed by atoms with E-state index >= 15 is 0 Å². The van der Waals surface area contributed by atoms with Crippen LogP contribution in [0.3, 0.4) is 0 Å². The highest BCUT2D eigenvalue weighted by Gasteiger charge is 2.50. The lowest BCUT2D eigenvalue weighted by Crippen LogP contribution is -2.67. The first-order chi connectivity index (χ1) is 13.5. The first-order valence-corrected chi connectivity index (χ1v) is 10.5. The number of likely N-dealkylation sites (tertiary alicyclic amines) is 1. The summed E-state index contributed by atoms with van der Waals surface area (Å²) in [6, 6.07) is 7.20. The molecule has 1 amide bonds. The SMILES string of the molecule is O=C(Cn1ccc2scc(-c3ccc(Cl)c(Cl)c3)c2c1=O)N1CC2(COC2)C1. The van der Waals surface area contributed by atoms with Crippen molar-refractivity contribution < 1.29 is 9.53 Å². The number of carbonyl (C=O) groups excluding carboxylic acids is 1. The molecule has 0 saturated carbocycles. The fourth-order valence-electron chi connectivity index (χ4n) is 3.84. The molecule has 0 N–H and O–H groups in total. The van der Waals surface area contributed by atoms with Gasteiger partial charge in [-0.25, -0.2) is 0 Å². The van der Waals surface area contributed by atoms with Gasteiger partial charge in [-0.1, -0.05) is 29.3 Å². The first-order valence-electron chi connectivity index (χ1n) is 8.87. The number of hydrogen-bond acceptors (Lipinski definition) is 4. The molecule has 0 atom stereocenters. The highest BCUT2D eigenvalue weighted by atomic mass is 35.5. The van der Waals surface area contributed by atoms with Crippen LogP contribution in [0.5, 0.6) is 0 Å². The van der Waals surface area contributed by atoms with Gasteiger partial charge < -0.3 is 14.2 Å². The van der Waals surface area contributed by atoms with Gasteiger partial charge in [-0.3, -0.25) is 9.59 Å². The Labute approximate surface area is 175 Å². The van der Waals surface area contributed by atoms with E-state index in [0.29, 0.717) is 15.4 Å². The number of hydrogen-bond donors (Lipinski definition) is 0. The Morgan fingerprint density at radius 2 is 1.96 bits per heavy atom. The molecule has 1 aromatic carbocycles. The number of amides is 1. The molecule has 2 aliphatic heterocycles. The Morgan fingerprint density at radius 1 is 1.18 bits per heavy atom. The quantitative estimate of drug-likeness (QED) is 0.627. The maximum absolute atomic E-state index is 13.1. The molecule has 8 heteroatoms. The van der Waals surface area contributed by atoms with Gasteiger partial charge in [0.05, 0.1) is 34.1 Å². The third-order valence-corrected chi connectivity index (χ3v) is 7.14. The molecule has 1 spiro atoms. The molecule has 0 bridgehead atoms. The summed E-state index contributed by atoms with van der Waals surface area (Å²) in [6.45, 7) is 2.93. The lowest BCUT2D eigenvalue weighted by molar-refractivity contribution is -0.195. The molecule has 3 aromatic rings. The Morgan fingerprint density at radius 3 is 2.64 bits per heavy atom. The molecule has 5 rings (SSSR count). The zero-order valence-electron chi connectivity index (χ0n) is 14.8. The zero-order valence-corrected chi connectivity index (χ0v) is 17.1. The molecule has 0 aliphatic carbocycles. The van der Waals surface area contributed by atoms with Crippen LogP contribution in [0.25, 0.3) is 21.2 Å². The highest BCUT2D eigenvalue weighted by molar-refractivity contribution is 7.17. The van der Waals surface area contributed by atoms with Gasteiger partial charge in [-0.05, 0) is 23.8 Å². The minimum atomic E-state index is -0.171. The number of rotatable bonds is 3. The fourth-order valence-corrected chi connectivity index (χ4v) is 5.10. The molecule has 4 heterocycles. The Bertz CT molecular complexity index is 1160. The number of carbonyl (C=O) groups is 1. The van der Waals surface area contributed by atoms with Crippen molar-refractivity contribution in [3.05, 3.63) is 56.2 Å². The predicted molar refractivity (Wildman–Crippen MR) is 111 cm³/mol. The molecular formula is C20H16Cl2N2O3S. The topological polar surface area (TPSA) is 51.5 Å². The van der Waals surface area contributed by atoms with Crippen molar-refractivity contribution in [1.29, 1.82) is 0 Å². The van der Waals surface area contributed by atoms with E-state index in [-0.39, 0.29) is 23.4 Å². The van der Waals surface area contributed by atoms with E-state index in [4.69, 9.17) is 27.9 Å². The average Bonchev–Trinajstić information content (AvgIpc) is 3.02. The van der Waals surface area contributed by atoms with Gasteiger partial charge >= 0.3 is 0 Å². The normalized spacial score (nSPS) is 17.6. The molecule has 2 aromatic heterocycles. The molecule has 0 unspecified atom stereocenters. The Balaban J connectivity index is 1.46. The van der Waals surface area contributed by atoms with Crippen molar-refractivity contribution in [3.63, 3.8) is 0 Å². The van der Waals surface area contributed by atoms with Crippen molar-refractivity contribution in [1.82, 2.24) is 9.47 Å². The second kappa shape index (κ2) is 6.59. The number of benzene rings is 1. The van der Waals surface area contributed by atoms with Gasteiger partial charge in [0, 0.05) is 34.9 Å². The van der Waals surface area contributed by atoms with Crippen LogP contribution in [-0.4, -0.2) is 41.7 Å². The predicted octanol–water partition coefficient (Wildman–Crippen LogP) is 3.90. The standard InChI is InChI=1S/C20H16Cl2N2O3S/c21-14-2-1-12(5-15(14)22)13-7-28-16-3-4-23(19(26)18(13)16)6-17(25)24-8-20(9-24)10-27-11-20/h1-5,7H,6,8-11H2. The summed E-state index contributed by atoms with van der Waals surface area (Å²) in [4.78, 5) is 27.5. The Kier molecular flexibility index (Phi) is 4.28. The number of ether oxygens (including phenoxy) is 1. The van der Waals surface area contributed by atoms with Crippen LogP contribution in [0.15, 0.2) is 40.6 Å². The van der Waals surface area contributed by atoms with Crippen LogP contribution in [0.1, 0.15) is 0 Å². The van der Waals surface area contributed by atoms with Crippen LogP contribution in [0.2, 0.25) is 10.0 Å². The van der Waals surface area contributed by atoms with Crippen LogP contribution >= 0.6 is 34.5 Å². The van der Waals surface area contributed by atoms with Gasteiger partial charge in [0.1, 0.15) is 6.54 Å². The van der Waals surface area contributed by atoms with E-state index in [2.05, 4.69) is 0 Å². The molecule has 5 nitrogen and oxygen atoms in total. The smallest absolute Gasteiger partial charge is 0.260 e.